The van der Waals surface area contributed by atoms with Crippen molar-refractivity contribution < 1.29 is 4.79 Å². The van der Waals surface area contributed by atoms with Crippen LogP contribution >= 0.6 is 15.9 Å². The molecule has 1 rings (SSSR count). The summed E-state index contributed by atoms with van der Waals surface area (Å²) < 4.78 is 0. The SMILES string of the molecule is CCC(Br)C(=O)NCCN1CCCCCC1. The van der Waals surface area contributed by atoms with E-state index in [0.29, 0.717) is 0 Å². The number of carbonyl (C=O) groups is 1. The van der Waals surface area contributed by atoms with Crippen molar-refractivity contribution in [3.63, 3.8) is 0 Å². The van der Waals surface area contributed by atoms with Crippen molar-refractivity contribution in [1.29, 1.82) is 0 Å². The number of alkyl halides is 1. The molecule has 0 aromatic carbocycles. The molecule has 0 bridgehead atoms. The van der Waals surface area contributed by atoms with Gasteiger partial charge in [0.1, 0.15) is 0 Å². The van der Waals surface area contributed by atoms with Crippen molar-refractivity contribution in [3.05, 3.63) is 0 Å². The van der Waals surface area contributed by atoms with Crippen molar-refractivity contribution in [2.75, 3.05) is 26.2 Å². The van der Waals surface area contributed by atoms with E-state index < -0.39 is 0 Å². The molecule has 0 aliphatic carbocycles. The van der Waals surface area contributed by atoms with E-state index in [0.717, 1.165) is 19.5 Å². The molecule has 0 aromatic heterocycles. The highest BCUT2D eigenvalue weighted by Crippen LogP contribution is 2.08. The lowest BCUT2D eigenvalue weighted by Gasteiger charge is -2.20. The fraction of sp³-hybridized carbons (Fsp3) is 0.917. The lowest BCUT2D eigenvalue weighted by atomic mass is 10.2. The van der Waals surface area contributed by atoms with Gasteiger partial charge in [0.25, 0.3) is 0 Å². The molecule has 1 saturated heterocycles. The molecule has 1 atom stereocenters. The van der Waals surface area contributed by atoms with E-state index in [1.807, 2.05) is 6.92 Å². The van der Waals surface area contributed by atoms with E-state index in [2.05, 4.69) is 26.1 Å². The zero-order chi connectivity index (χ0) is 11.8. The molecule has 16 heavy (non-hydrogen) atoms. The number of nitrogens with one attached hydrogen (secondary N) is 1. The lowest BCUT2D eigenvalue weighted by molar-refractivity contribution is -0.120. The number of likely N-dealkylation sites (tertiary alicyclic amines) is 1. The van der Waals surface area contributed by atoms with Crippen LogP contribution in [0.25, 0.3) is 0 Å². The maximum absolute atomic E-state index is 11.5. The number of halogens is 1. The maximum Gasteiger partial charge on any atom is 0.233 e. The van der Waals surface area contributed by atoms with Gasteiger partial charge in [0, 0.05) is 13.1 Å². The molecule has 0 spiro atoms. The lowest BCUT2D eigenvalue weighted by Crippen LogP contribution is -2.38. The summed E-state index contributed by atoms with van der Waals surface area (Å²) in [5.41, 5.74) is 0. The van der Waals surface area contributed by atoms with Gasteiger partial charge in [0.2, 0.25) is 5.91 Å². The Hall–Kier alpha value is -0.0900. The predicted octanol–water partition coefficient (Wildman–Crippen LogP) is 2.15. The molecule has 1 heterocycles. The highest BCUT2D eigenvalue weighted by molar-refractivity contribution is 9.10. The normalized spacial score (nSPS) is 20.1. The second kappa shape index (κ2) is 8.07. The average Bonchev–Trinajstić information content (AvgIpc) is 2.56. The zero-order valence-electron chi connectivity index (χ0n) is 10.2. The van der Waals surface area contributed by atoms with E-state index in [1.165, 1.54) is 38.8 Å². The van der Waals surface area contributed by atoms with Gasteiger partial charge in [-0.25, -0.2) is 0 Å². The number of amides is 1. The van der Waals surface area contributed by atoms with Gasteiger partial charge in [-0.2, -0.15) is 0 Å². The van der Waals surface area contributed by atoms with Gasteiger partial charge in [-0.1, -0.05) is 35.7 Å². The fourth-order valence-electron chi connectivity index (χ4n) is 1.99. The molecule has 1 fully saturated rings. The molecule has 1 aliphatic heterocycles. The second-order valence-corrected chi connectivity index (χ2v) is 5.53. The maximum atomic E-state index is 11.5. The summed E-state index contributed by atoms with van der Waals surface area (Å²) in [5, 5.41) is 2.97. The molecule has 4 heteroatoms. The number of hydrogen-bond acceptors (Lipinski definition) is 2. The fourth-order valence-corrected chi connectivity index (χ4v) is 2.16. The summed E-state index contributed by atoms with van der Waals surface area (Å²) >= 11 is 3.36. The topological polar surface area (TPSA) is 32.3 Å². The number of carbonyl (C=O) groups excluding carboxylic acids is 1. The van der Waals surface area contributed by atoms with Crippen LogP contribution in [0, 0.1) is 0 Å². The van der Waals surface area contributed by atoms with E-state index in [9.17, 15) is 4.79 Å². The zero-order valence-corrected chi connectivity index (χ0v) is 11.8. The minimum atomic E-state index is -0.0309. The van der Waals surface area contributed by atoms with E-state index >= 15 is 0 Å². The first-order valence-electron chi connectivity index (χ1n) is 6.38. The highest BCUT2D eigenvalue weighted by Gasteiger charge is 2.12. The molecule has 3 nitrogen and oxygen atoms in total. The van der Waals surface area contributed by atoms with Crippen LogP contribution in [-0.2, 0) is 4.79 Å². The summed E-state index contributed by atoms with van der Waals surface area (Å²) in [4.78, 5) is 13.9. The van der Waals surface area contributed by atoms with Crippen molar-refractivity contribution >= 4 is 21.8 Å². The van der Waals surface area contributed by atoms with Crippen molar-refractivity contribution in [2.45, 2.75) is 43.9 Å². The molecule has 1 N–H and O–H groups in total. The minimum absolute atomic E-state index is 0.0309. The Morgan fingerprint density at radius 1 is 1.31 bits per heavy atom. The Morgan fingerprint density at radius 2 is 1.94 bits per heavy atom. The number of rotatable bonds is 5. The van der Waals surface area contributed by atoms with E-state index in [1.54, 1.807) is 0 Å². The Balaban J connectivity index is 2.11. The summed E-state index contributed by atoms with van der Waals surface area (Å²) in [5.74, 6) is 0.123. The molecule has 0 saturated carbocycles. The summed E-state index contributed by atoms with van der Waals surface area (Å²) in [6.45, 7) is 6.17. The number of hydrogen-bond donors (Lipinski definition) is 1. The van der Waals surface area contributed by atoms with E-state index in [4.69, 9.17) is 0 Å². The molecule has 1 unspecified atom stereocenters. The van der Waals surface area contributed by atoms with E-state index in [-0.39, 0.29) is 10.7 Å². The van der Waals surface area contributed by atoms with Crippen LogP contribution in [0.3, 0.4) is 0 Å². The smallest absolute Gasteiger partial charge is 0.233 e. The summed E-state index contributed by atoms with van der Waals surface area (Å²) in [6, 6.07) is 0. The first-order chi connectivity index (χ1) is 7.74. The third-order valence-corrected chi connectivity index (χ3v) is 4.13. The van der Waals surface area contributed by atoms with Crippen molar-refractivity contribution in [3.8, 4) is 0 Å². The minimum Gasteiger partial charge on any atom is -0.354 e. The molecule has 0 radical (unpaired) electrons. The van der Waals surface area contributed by atoms with Gasteiger partial charge < -0.3 is 10.2 Å². The molecule has 0 aromatic rings. The summed E-state index contributed by atoms with van der Waals surface area (Å²) in [6.07, 6.45) is 6.19. The molecule has 1 amide bonds. The Labute approximate surface area is 107 Å². The monoisotopic (exact) mass is 290 g/mol. The average molecular weight is 291 g/mol. The largest absolute Gasteiger partial charge is 0.354 e. The number of nitrogens with zero attached hydrogens (tertiary/aromatic N) is 1. The Morgan fingerprint density at radius 3 is 2.50 bits per heavy atom. The third kappa shape index (κ3) is 5.30. The highest BCUT2D eigenvalue weighted by atomic mass is 79.9. The van der Waals surface area contributed by atoms with Gasteiger partial charge in [-0.05, 0) is 32.4 Å². The third-order valence-electron chi connectivity index (χ3n) is 3.07. The molecule has 94 valence electrons. The van der Waals surface area contributed by atoms with Crippen molar-refractivity contribution in [2.24, 2.45) is 0 Å². The van der Waals surface area contributed by atoms with Crippen molar-refractivity contribution in [1.82, 2.24) is 10.2 Å². The summed E-state index contributed by atoms with van der Waals surface area (Å²) in [7, 11) is 0. The van der Waals surface area contributed by atoms with Crippen LogP contribution in [0.2, 0.25) is 0 Å². The van der Waals surface area contributed by atoms with Gasteiger partial charge in [-0.3, -0.25) is 4.79 Å². The van der Waals surface area contributed by atoms with Crippen LogP contribution in [0.15, 0.2) is 0 Å². The quantitative estimate of drug-likeness (QED) is 0.787. The van der Waals surface area contributed by atoms with Gasteiger partial charge in [0.05, 0.1) is 4.83 Å². The van der Waals surface area contributed by atoms with Gasteiger partial charge in [-0.15, -0.1) is 0 Å². The molecular weight excluding hydrogens is 268 g/mol. The van der Waals surface area contributed by atoms with Crippen LogP contribution < -0.4 is 5.32 Å². The Bertz CT molecular complexity index is 203. The Kier molecular flexibility index (Phi) is 7.05. The standard InChI is InChI=1S/C12H23BrN2O/c1-2-11(13)12(16)14-7-10-15-8-5-3-4-6-9-15/h11H,2-10H2,1H3,(H,14,16). The molecule has 1 aliphatic rings. The van der Waals surface area contributed by atoms with Crippen LogP contribution in [0.5, 0.6) is 0 Å². The predicted molar refractivity (Wildman–Crippen MR) is 70.9 cm³/mol. The second-order valence-electron chi connectivity index (χ2n) is 4.42. The first kappa shape index (κ1) is 14.0. The van der Waals surface area contributed by atoms with Gasteiger partial charge in [0.15, 0.2) is 0 Å². The van der Waals surface area contributed by atoms with Gasteiger partial charge >= 0.3 is 0 Å². The first-order valence-corrected chi connectivity index (χ1v) is 7.29. The van der Waals surface area contributed by atoms with Crippen LogP contribution in [0.4, 0.5) is 0 Å². The molecular formula is C12H23BrN2O. The van der Waals surface area contributed by atoms with Crippen LogP contribution in [-0.4, -0.2) is 41.8 Å². The van der Waals surface area contributed by atoms with Crippen LogP contribution in [0.1, 0.15) is 39.0 Å².